The Hall–Kier alpha value is -1.96. The van der Waals surface area contributed by atoms with E-state index in [0.29, 0.717) is 17.4 Å². The fourth-order valence-corrected chi connectivity index (χ4v) is 3.59. The Kier molecular flexibility index (Phi) is 4.10. The average Bonchev–Trinajstić information content (AvgIpc) is 2.52. The van der Waals surface area contributed by atoms with Crippen LogP contribution in [0.4, 0.5) is 0 Å². The smallest absolute Gasteiger partial charge is 0.127 e. The molecular formula is C20H24O2. The third kappa shape index (κ3) is 2.70. The standard InChI is InChI=1S/C20H24O2/c1-13(2)6-5-7-14-10-11-17-18(12-14)20(22)16-9-4-3-8-15(16)19(17)21/h3-4,6,8-9,14,21-22H,5,7,10-12H2,1-2H3. The van der Waals surface area contributed by atoms with Crippen LogP contribution in [0.3, 0.4) is 0 Å². The molecule has 0 spiro atoms. The Labute approximate surface area is 132 Å². The number of aromatic hydroxyl groups is 2. The van der Waals surface area contributed by atoms with E-state index < -0.39 is 0 Å². The maximum absolute atomic E-state index is 10.6. The van der Waals surface area contributed by atoms with Crippen LogP contribution >= 0.6 is 0 Å². The molecule has 0 amide bonds. The average molecular weight is 296 g/mol. The van der Waals surface area contributed by atoms with Crippen LogP contribution in [-0.2, 0) is 12.8 Å². The second kappa shape index (κ2) is 6.04. The molecule has 2 heteroatoms. The lowest BCUT2D eigenvalue weighted by Gasteiger charge is -2.27. The third-order valence-electron chi connectivity index (χ3n) is 4.80. The molecule has 0 bridgehead atoms. The molecule has 0 heterocycles. The van der Waals surface area contributed by atoms with E-state index in [-0.39, 0.29) is 0 Å². The molecule has 0 saturated carbocycles. The number of allylic oxidation sites excluding steroid dienone is 2. The number of hydrogen-bond donors (Lipinski definition) is 2. The number of phenolic OH excluding ortho intramolecular Hbond substituents is 2. The summed E-state index contributed by atoms with van der Waals surface area (Å²) in [6, 6.07) is 7.57. The molecule has 2 aromatic rings. The summed E-state index contributed by atoms with van der Waals surface area (Å²) >= 11 is 0. The van der Waals surface area contributed by atoms with Gasteiger partial charge in [0.25, 0.3) is 0 Å². The molecule has 2 nitrogen and oxygen atoms in total. The van der Waals surface area contributed by atoms with Gasteiger partial charge in [-0.25, -0.2) is 0 Å². The Balaban J connectivity index is 1.92. The number of benzene rings is 2. The lowest BCUT2D eigenvalue weighted by Crippen LogP contribution is -2.14. The van der Waals surface area contributed by atoms with Crippen LogP contribution in [-0.4, -0.2) is 10.2 Å². The first-order valence-electron chi connectivity index (χ1n) is 8.15. The van der Waals surface area contributed by atoms with Gasteiger partial charge in [0, 0.05) is 21.9 Å². The van der Waals surface area contributed by atoms with Crippen molar-refractivity contribution < 1.29 is 10.2 Å². The van der Waals surface area contributed by atoms with Gasteiger partial charge in [0.05, 0.1) is 0 Å². The van der Waals surface area contributed by atoms with Crippen LogP contribution < -0.4 is 0 Å². The maximum Gasteiger partial charge on any atom is 0.127 e. The van der Waals surface area contributed by atoms with Gasteiger partial charge < -0.3 is 10.2 Å². The van der Waals surface area contributed by atoms with E-state index in [1.165, 1.54) is 5.57 Å². The van der Waals surface area contributed by atoms with Gasteiger partial charge >= 0.3 is 0 Å². The van der Waals surface area contributed by atoms with Gasteiger partial charge in [0.15, 0.2) is 0 Å². The molecule has 2 N–H and O–H groups in total. The molecule has 1 aliphatic rings. The van der Waals surface area contributed by atoms with E-state index in [9.17, 15) is 10.2 Å². The van der Waals surface area contributed by atoms with E-state index in [1.54, 1.807) is 0 Å². The molecule has 3 rings (SSSR count). The number of fused-ring (bicyclic) bond motifs is 2. The molecule has 0 aliphatic heterocycles. The van der Waals surface area contributed by atoms with Gasteiger partial charge in [-0.1, -0.05) is 35.9 Å². The first-order valence-corrected chi connectivity index (χ1v) is 8.15. The molecule has 116 valence electrons. The highest BCUT2D eigenvalue weighted by atomic mass is 16.3. The molecule has 1 atom stereocenters. The highest BCUT2D eigenvalue weighted by molar-refractivity contribution is 5.95. The summed E-state index contributed by atoms with van der Waals surface area (Å²) in [5.74, 6) is 1.33. The predicted molar refractivity (Wildman–Crippen MR) is 91.5 cm³/mol. The van der Waals surface area contributed by atoms with Crippen molar-refractivity contribution in [2.45, 2.75) is 46.0 Å². The zero-order chi connectivity index (χ0) is 15.7. The van der Waals surface area contributed by atoms with Crippen molar-refractivity contribution in [3.63, 3.8) is 0 Å². The van der Waals surface area contributed by atoms with Crippen LogP contribution in [0, 0.1) is 5.92 Å². The topological polar surface area (TPSA) is 40.5 Å². The summed E-state index contributed by atoms with van der Waals surface area (Å²) in [4.78, 5) is 0. The highest BCUT2D eigenvalue weighted by Crippen LogP contribution is 2.44. The van der Waals surface area contributed by atoms with Crippen LogP contribution in [0.25, 0.3) is 10.8 Å². The molecule has 2 aromatic carbocycles. The second-order valence-corrected chi connectivity index (χ2v) is 6.67. The van der Waals surface area contributed by atoms with Crippen LogP contribution in [0.15, 0.2) is 35.9 Å². The zero-order valence-corrected chi connectivity index (χ0v) is 13.4. The summed E-state index contributed by atoms with van der Waals surface area (Å²) in [6.45, 7) is 4.26. The zero-order valence-electron chi connectivity index (χ0n) is 13.4. The number of hydrogen-bond acceptors (Lipinski definition) is 2. The van der Waals surface area contributed by atoms with Gasteiger partial charge in [-0.3, -0.25) is 0 Å². The normalized spacial score (nSPS) is 17.3. The van der Waals surface area contributed by atoms with E-state index in [0.717, 1.165) is 54.0 Å². The van der Waals surface area contributed by atoms with Gasteiger partial charge in [-0.05, 0) is 51.9 Å². The van der Waals surface area contributed by atoms with Crippen LogP contribution in [0.1, 0.15) is 44.2 Å². The van der Waals surface area contributed by atoms with Crippen molar-refractivity contribution in [1.29, 1.82) is 0 Å². The first-order chi connectivity index (χ1) is 10.6. The summed E-state index contributed by atoms with van der Waals surface area (Å²) in [5.41, 5.74) is 3.28. The van der Waals surface area contributed by atoms with Crippen LogP contribution in [0.5, 0.6) is 11.5 Å². The largest absolute Gasteiger partial charge is 0.507 e. The van der Waals surface area contributed by atoms with Crippen molar-refractivity contribution >= 4 is 10.8 Å². The van der Waals surface area contributed by atoms with Gasteiger partial charge in [-0.2, -0.15) is 0 Å². The molecule has 0 fully saturated rings. The Bertz CT molecular complexity index is 724. The molecule has 1 unspecified atom stereocenters. The Morgan fingerprint density at radius 2 is 1.73 bits per heavy atom. The number of phenols is 2. The quantitative estimate of drug-likeness (QED) is 0.611. The van der Waals surface area contributed by atoms with Crippen LogP contribution in [0.2, 0.25) is 0 Å². The van der Waals surface area contributed by atoms with Crippen molar-refractivity contribution in [3.8, 4) is 11.5 Å². The Morgan fingerprint density at radius 3 is 2.36 bits per heavy atom. The minimum absolute atomic E-state index is 0.367. The van der Waals surface area contributed by atoms with Crippen molar-refractivity contribution in [3.05, 3.63) is 47.0 Å². The van der Waals surface area contributed by atoms with Crippen molar-refractivity contribution in [1.82, 2.24) is 0 Å². The molecule has 0 saturated heterocycles. The van der Waals surface area contributed by atoms with Crippen molar-refractivity contribution in [2.75, 3.05) is 0 Å². The van der Waals surface area contributed by atoms with Gasteiger partial charge in [0.1, 0.15) is 11.5 Å². The molecular weight excluding hydrogens is 272 g/mol. The van der Waals surface area contributed by atoms with E-state index in [1.807, 2.05) is 24.3 Å². The predicted octanol–water partition coefficient (Wildman–Crippen LogP) is 5.10. The minimum atomic E-state index is 0.367. The van der Waals surface area contributed by atoms with E-state index in [4.69, 9.17) is 0 Å². The lowest BCUT2D eigenvalue weighted by molar-refractivity contribution is 0.396. The summed E-state index contributed by atoms with van der Waals surface area (Å²) in [6.07, 6.45) is 7.36. The fourth-order valence-electron chi connectivity index (χ4n) is 3.59. The van der Waals surface area contributed by atoms with Gasteiger partial charge in [-0.15, -0.1) is 0 Å². The Morgan fingerprint density at radius 1 is 1.09 bits per heavy atom. The fraction of sp³-hybridized carbons (Fsp3) is 0.400. The third-order valence-corrected chi connectivity index (χ3v) is 4.80. The monoisotopic (exact) mass is 296 g/mol. The van der Waals surface area contributed by atoms with Gasteiger partial charge in [0.2, 0.25) is 0 Å². The van der Waals surface area contributed by atoms with E-state index in [2.05, 4.69) is 19.9 Å². The van der Waals surface area contributed by atoms with E-state index >= 15 is 0 Å². The summed E-state index contributed by atoms with van der Waals surface area (Å²) < 4.78 is 0. The summed E-state index contributed by atoms with van der Waals surface area (Å²) in [7, 11) is 0. The lowest BCUT2D eigenvalue weighted by atomic mass is 9.79. The minimum Gasteiger partial charge on any atom is -0.507 e. The number of rotatable bonds is 3. The highest BCUT2D eigenvalue weighted by Gasteiger charge is 2.25. The first kappa shape index (κ1) is 15.0. The molecule has 1 aliphatic carbocycles. The summed E-state index contributed by atoms with van der Waals surface area (Å²) in [5, 5.41) is 22.7. The second-order valence-electron chi connectivity index (χ2n) is 6.67. The molecule has 0 aromatic heterocycles. The SMILES string of the molecule is CC(C)=CCCC1CCc2c(c(O)c3ccccc3c2O)C1. The molecule has 22 heavy (non-hydrogen) atoms. The molecule has 0 radical (unpaired) electrons. The maximum atomic E-state index is 10.6. The van der Waals surface area contributed by atoms with Crippen molar-refractivity contribution in [2.24, 2.45) is 5.92 Å².